The number of thioether (sulfide) groups is 1. The van der Waals surface area contributed by atoms with Crippen LogP contribution in [0.3, 0.4) is 0 Å². The lowest BCUT2D eigenvalue weighted by Gasteiger charge is -2.13. The van der Waals surface area contributed by atoms with Gasteiger partial charge in [-0.15, -0.1) is 11.8 Å². The van der Waals surface area contributed by atoms with Gasteiger partial charge in [-0.05, 0) is 49.8 Å². The molecule has 0 heterocycles. The molecule has 0 radical (unpaired) electrons. The van der Waals surface area contributed by atoms with Crippen LogP contribution in [0.1, 0.15) is 33.1 Å². The maximum atomic E-state index is 12.8. The first-order valence-electron chi connectivity index (χ1n) is 8.67. The van der Waals surface area contributed by atoms with Crippen LogP contribution in [0.5, 0.6) is 0 Å². The van der Waals surface area contributed by atoms with Crippen LogP contribution >= 0.6 is 11.8 Å². The van der Waals surface area contributed by atoms with Gasteiger partial charge in [0.1, 0.15) is 5.82 Å². The summed E-state index contributed by atoms with van der Waals surface area (Å²) in [7, 11) is 1.71. The van der Waals surface area contributed by atoms with Gasteiger partial charge in [0.05, 0.1) is 0 Å². The van der Waals surface area contributed by atoms with Gasteiger partial charge >= 0.3 is 0 Å². The van der Waals surface area contributed by atoms with Crippen molar-refractivity contribution >= 4 is 23.6 Å². The van der Waals surface area contributed by atoms with Crippen molar-refractivity contribution in [3.8, 4) is 0 Å². The molecule has 0 fully saturated rings. The number of nitrogens with zero attached hydrogens (tertiary/aromatic N) is 1. The third-order valence-corrected chi connectivity index (χ3v) is 4.68. The molecule has 25 heavy (non-hydrogen) atoms. The highest BCUT2D eigenvalue weighted by molar-refractivity contribution is 7.99. The molecule has 1 unspecified atom stereocenters. The molecule has 1 amide bonds. The predicted molar refractivity (Wildman–Crippen MR) is 104 cm³/mol. The van der Waals surface area contributed by atoms with Crippen LogP contribution < -0.4 is 16.0 Å². The number of guanidine groups is 1. The number of nitrogens with one attached hydrogen (secondary N) is 3. The standard InChI is InChI=1S/C18H29FN4OS/c1-4-14(2)23-17(24)10-12-22-18(20-3)21-11-5-13-25-16-8-6-15(19)7-9-16/h6-9,14H,4-5,10-13H2,1-3H3,(H,23,24)(H2,20,21,22). The zero-order valence-corrected chi connectivity index (χ0v) is 16.1. The normalized spacial score (nSPS) is 12.6. The van der Waals surface area contributed by atoms with Crippen LogP contribution in [0.4, 0.5) is 4.39 Å². The minimum atomic E-state index is -0.210. The highest BCUT2D eigenvalue weighted by Gasteiger charge is 2.05. The SMILES string of the molecule is CCC(C)NC(=O)CCNC(=NC)NCCCSc1ccc(F)cc1. The highest BCUT2D eigenvalue weighted by atomic mass is 32.2. The highest BCUT2D eigenvalue weighted by Crippen LogP contribution is 2.18. The zero-order chi connectivity index (χ0) is 18.5. The van der Waals surface area contributed by atoms with Crippen LogP contribution in [-0.4, -0.2) is 43.8 Å². The molecule has 0 aliphatic rings. The lowest BCUT2D eigenvalue weighted by molar-refractivity contribution is -0.121. The van der Waals surface area contributed by atoms with Gasteiger partial charge in [0.15, 0.2) is 5.96 Å². The van der Waals surface area contributed by atoms with Crippen LogP contribution in [0, 0.1) is 5.82 Å². The van der Waals surface area contributed by atoms with Gasteiger partial charge in [-0.25, -0.2) is 4.39 Å². The van der Waals surface area contributed by atoms with E-state index in [1.165, 1.54) is 12.1 Å². The number of amides is 1. The van der Waals surface area contributed by atoms with Crippen molar-refractivity contribution in [2.75, 3.05) is 25.9 Å². The Morgan fingerprint density at radius 3 is 2.56 bits per heavy atom. The van der Waals surface area contributed by atoms with E-state index in [-0.39, 0.29) is 17.8 Å². The molecule has 0 aliphatic carbocycles. The summed E-state index contributed by atoms with van der Waals surface area (Å²) >= 11 is 1.70. The molecule has 0 spiro atoms. The number of rotatable bonds is 10. The van der Waals surface area contributed by atoms with E-state index in [2.05, 4.69) is 20.9 Å². The first-order chi connectivity index (χ1) is 12.0. The number of aliphatic imine (C=N–C) groups is 1. The van der Waals surface area contributed by atoms with Gasteiger partial charge in [0.25, 0.3) is 0 Å². The van der Waals surface area contributed by atoms with Crippen molar-refractivity contribution in [1.29, 1.82) is 0 Å². The van der Waals surface area contributed by atoms with Gasteiger partial charge in [0, 0.05) is 37.5 Å². The quantitative estimate of drug-likeness (QED) is 0.257. The van der Waals surface area contributed by atoms with E-state index in [9.17, 15) is 9.18 Å². The summed E-state index contributed by atoms with van der Waals surface area (Å²) in [4.78, 5) is 16.9. The van der Waals surface area contributed by atoms with E-state index >= 15 is 0 Å². The summed E-state index contributed by atoms with van der Waals surface area (Å²) in [5.41, 5.74) is 0. The summed E-state index contributed by atoms with van der Waals surface area (Å²) in [6, 6.07) is 6.74. The van der Waals surface area contributed by atoms with E-state index in [1.54, 1.807) is 30.9 Å². The molecular formula is C18H29FN4OS. The molecular weight excluding hydrogens is 339 g/mol. The minimum absolute atomic E-state index is 0.0491. The average Bonchev–Trinajstić information content (AvgIpc) is 2.61. The van der Waals surface area contributed by atoms with E-state index in [0.717, 1.165) is 30.0 Å². The first-order valence-corrected chi connectivity index (χ1v) is 9.66. The van der Waals surface area contributed by atoms with Gasteiger partial charge in [-0.1, -0.05) is 6.92 Å². The maximum Gasteiger partial charge on any atom is 0.221 e. The van der Waals surface area contributed by atoms with Crippen molar-refractivity contribution in [3.63, 3.8) is 0 Å². The molecule has 1 atom stereocenters. The Hall–Kier alpha value is -1.76. The minimum Gasteiger partial charge on any atom is -0.356 e. The van der Waals surface area contributed by atoms with E-state index < -0.39 is 0 Å². The largest absolute Gasteiger partial charge is 0.356 e. The van der Waals surface area contributed by atoms with Crippen LogP contribution in [0.15, 0.2) is 34.2 Å². The molecule has 140 valence electrons. The maximum absolute atomic E-state index is 12.8. The summed E-state index contributed by atoms with van der Waals surface area (Å²) < 4.78 is 12.8. The Balaban J connectivity index is 2.11. The molecule has 7 heteroatoms. The van der Waals surface area contributed by atoms with Crippen molar-refractivity contribution in [1.82, 2.24) is 16.0 Å². The fraction of sp³-hybridized carbons (Fsp3) is 0.556. The number of hydrogen-bond donors (Lipinski definition) is 3. The molecule has 0 aliphatic heterocycles. The summed E-state index contributed by atoms with van der Waals surface area (Å²) in [5.74, 6) is 1.47. The number of hydrogen-bond acceptors (Lipinski definition) is 3. The molecule has 0 saturated heterocycles. The van der Waals surface area contributed by atoms with Gasteiger partial charge < -0.3 is 16.0 Å². The molecule has 1 aromatic rings. The molecule has 5 nitrogen and oxygen atoms in total. The summed E-state index contributed by atoms with van der Waals surface area (Å²) in [6.45, 7) is 5.37. The first kappa shape index (κ1) is 21.3. The fourth-order valence-electron chi connectivity index (χ4n) is 1.96. The number of carbonyl (C=O) groups excluding carboxylic acids is 1. The van der Waals surface area contributed by atoms with Gasteiger partial charge in [-0.2, -0.15) is 0 Å². The van der Waals surface area contributed by atoms with Crippen molar-refractivity contribution in [2.24, 2.45) is 4.99 Å². The Kier molecular flexibility index (Phi) is 10.7. The van der Waals surface area contributed by atoms with Crippen molar-refractivity contribution in [3.05, 3.63) is 30.1 Å². The van der Waals surface area contributed by atoms with Crippen molar-refractivity contribution < 1.29 is 9.18 Å². The second-order valence-electron chi connectivity index (χ2n) is 5.71. The second-order valence-corrected chi connectivity index (χ2v) is 6.88. The lowest BCUT2D eigenvalue weighted by atomic mass is 10.2. The summed E-state index contributed by atoms with van der Waals surface area (Å²) in [6.07, 6.45) is 2.31. The van der Waals surface area contributed by atoms with Crippen LogP contribution in [-0.2, 0) is 4.79 Å². The van der Waals surface area contributed by atoms with Gasteiger partial charge in [-0.3, -0.25) is 9.79 Å². The Morgan fingerprint density at radius 1 is 1.24 bits per heavy atom. The van der Waals surface area contributed by atoms with Crippen molar-refractivity contribution in [2.45, 2.75) is 44.0 Å². The smallest absolute Gasteiger partial charge is 0.221 e. The van der Waals surface area contributed by atoms with Crippen LogP contribution in [0.2, 0.25) is 0 Å². The van der Waals surface area contributed by atoms with E-state index in [1.807, 2.05) is 13.8 Å². The Labute approximate surface area is 154 Å². The summed E-state index contributed by atoms with van der Waals surface area (Å²) in [5, 5.41) is 9.30. The molecule has 3 N–H and O–H groups in total. The zero-order valence-electron chi connectivity index (χ0n) is 15.3. The van der Waals surface area contributed by atoms with Gasteiger partial charge in [0.2, 0.25) is 5.91 Å². The van der Waals surface area contributed by atoms with Crippen LogP contribution in [0.25, 0.3) is 0 Å². The molecule has 0 aromatic heterocycles. The average molecular weight is 369 g/mol. The number of benzene rings is 1. The third-order valence-electron chi connectivity index (χ3n) is 3.58. The molecule has 0 bridgehead atoms. The predicted octanol–water partition coefficient (Wildman–Crippen LogP) is 2.78. The monoisotopic (exact) mass is 368 g/mol. The van der Waals surface area contributed by atoms with E-state index in [4.69, 9.17) is 0 Å². The topological polar surface area (TPSA) is 65.5 Å². The molecule has 0 saturated carbocycles. The number of halogens is 1. The Bertz CT molecular complexity index is 536. The second kappa shape index (κ2) is 12.6. The fourth-order valence-corrected chi connectivity index (χ4v) is 2.82. The van der Waals surface area contributed by atoms with E-state index in [0.29, 0.717) is 18.9 Å². The number of carbonyl (C=O) groups is 1. The molecule has 1 aromatic carbocycles. The molecule has 1 rings (SSSR count). The third kappa shape index (κ3) is 9.96. The Morgan fingerprint density at radius 2 is 1.92 bits per heavy atom. The lowest BCUT2D eigenvalue weighted by Crippen LogP contribution is -2.40.